The lowest BCUT2D eigenvalue weighted by Crippen LogP contribution is -2.33. The Kier molecular flexibility index (Phi) is 5.56. The minimum absolute atomic E-state index is 0.00711. The molecule has 6 heteroatoms. The van der Waals surface area contributed by atoms with Crippen molar-refractivity contribution in [2.45, 2.75) is 26.4 Å². The molecule has 2 rings (SSSR count). The second-order valence-electron chi connectivity index (χ2n) is 5.66. The zero-order valence-electron chi connectivity index (χ0n) is 13.6. The number of nitrogens with one attached hydrogen (secondary N) is 1. The Labute approximate surface area is 135 Å². The Hall–Kier alpha value is -1.43. The van der Waals surface area contributed by atoms with Crippen molar-refractivity contribution < 1.29 is 0 Å². The van der Waals surface area contributed by atoms with E-state index in [1.807, 2.05) is 27.9 Å². The molecule has 22 heavy (non-hydrogen) atoms. The van der Waals surface area contributed by atoms with Gasteiger partial charge in [0.1, 0.15) is 5.82 Å². The highest BCUT2D eigenvalue weighted by Gasteiger charge is 2.15. The average molecular weight is 323 g/mol. The molecule has 2 aromatic rings. The maximum Gasteiger partial charge on any atom is 0.261 e. The van der Waals surface area contributed by atoms with Crippen LogP contribution in [0.15, 0.2) is 23.0 Å². The third-order valence-electron chi connectivity index (χ3n) is 3.66. The summed E-state index contributed by atoms with van der Waals surface area (Å²) in [6.45, 7) is 6.35. The first-order valence-corrected chi connectivity index (χ1v) is 7.90. The summed E-state index contributed by atoms with van der Waals surface area (Å²) in [5.41, 5.74) is 0.654. The predicted molar refractivity (Wildman–Crippen MR) is 91.7 cm³/mol. The van der Waals surface area contributed by atoms with Crippen LogP contribution in [0.25, 0.3) is 10.9 Å². The van der Waals surface area contributed by atoms with Crippen molar-refractivity contribution in [3.63, 3.8) is 0 Å². The summed E-state index contributed by atoms with van der Waals surface area (Å²) < 4.78 is 1.71. The molecule has 0 bridgehead atoms. The molecule has 0 aliphatic carbocycles. The fourth-order valence-electron chi connectivity index (χ4n) is 2.44. The summed E-state index contributed by atoms with van der Waals surface area (Å²) in [5.74, 6) is 0.765. The van der Waals surface area contributed by atoms with Crippen molar-refractivity contribution in [3.8, 4) is 0 Å². The van der Waals surface area contributed by atoms with Crippen LogP contribution in [0.1, 0.15) is 25.7 Å². The topological polar surface area (TPSA) is 50.2 Å². The van der Waals surface area contributed by atoms with Crippen LogP contribution in [0.5, 0.6) is 0 Å². The Balaban J connectivity index is 2.40. The highest BCUT2D eigenvalue weighted by atomic mass is 35.5. The zero-order chi connectivity index (χ0) is 16.3. The molecule has 0 unspecified atom stereocenters. The minimum Gasteiger partial charge on any atom is -0.308 e. The smallest absolute Gasteiger partial charge is 0.261 e. The monoisotopic (exact) mass is 322 g/mol. The van der Waals surface area contributed by atoms with E-state index < -0.39 is 0 Å². The lowest BCUT2D eigenvalue weighted by molar-refractivity contribution is 0.383. The molecule has 1 aromatic heterocycles. The SMILES string of the molecule is CCn1c([C@@H](C)NCCN(C)C)nc2ccc(Cl)cc2c1=O. The van der Waals surface area contributed by atoms with Gasteiger partial charge in [-0.25, -0.2) is 4.98 Å². The molecule has 1 N–H and O–H groups in total. The van der Waals surface area contributed by atoms with E-state index in [1.54, 1.807) is 22.8 Å². The van der Waals surface area contributed by atoms with Crippen LogP contribution < -0.4 is 10.9 Å². The highest BCUT2D eigenvalue weighted by Crippen LogP contribution is 2.17. The summed E-state index contributed by atoms with van der Waals surface area (Å²) >= 11 is 5.99. The molecule has 1 aromatic carbocycles. The Bertz CT molecular complexity index is 711. The molecule has 0 fully saturated rings. The second kappa shape index (κ2) is 7.22. The quantitative estimate of drug-likeness (QED) is 0.886. The predicted octanol–water partition coefficient (Wildman–Crippen LogP) is 2.28. The van der Waals surface area contributed by atoms with Crippen LogP contribution in [0, 0.1) is 0 Å². The second-order valence-corrected chi connectivity index (χ2v) is 6.10. The number of nitrogens with zero attached hydrogens (tertiary/aromatic N) is 3. The van der Waals surface area contributed by atoms with Crippen molar-refractivity contribution in [2.75, 3.05) is 27.2 Å². The molecule has 5 nitrogen and oxygen atoms in total. The molecule has 0 saturated carbocycles. The van der Waals surface area contributed by atoms with Gasteiger partial charge in [0.25, 0.3) is 5.56 Å². The summed E-state index contributed by atoms with van der Waals surface area (Å²) in [6, 6.07) is 5.26. The van der Waals surface area contributed by atoms with Gasteiger partial charge in [-0.15, -0.1) is 0 Å². The first kappa shape index (κ1) is 16.9. The minimum atomic E-state index is -0.0359. The van der Waals surface area contributed by atoms with Crippen LogP contribution in [-0.4, -0.2) is 41.6 Å². The number of fused-ring (bicyclic) bond motifs is 1. The summed E-state index contributed by atoms with van der Waals surface area (Å²) in [5, 5.41) is 4.54. The van der Waals surface area contributed by atoms with Crippen molar-refractivity contribution in [1.29, 1.82) is 0 Å². The van der Waals surface area contributed by atoms with Crippen LogP contribution in [0.4, 0.5) is 0 Å². The van der Waals surface area contributed by atoms with E-state index in [-0.39, 0.29) is 11.6 Å². The first-order valence-electron chi connectivity index (χ1n) is 7.52. The van der Waals surface area contributed by atoms with Crippen LogP contribution in [0.2, 0.25) is 5.02 Å². The fourth-order valence-corrected chi connectivity index (χ4v) is 2.61. The van der Waals surface area contributed by atoms with Crippen molar-refractivity contribution >= 4 is 22.5 Å². The van der Waals surface area contributed by atoms with E-state index in [1.165, 1.54) is 0 Å². The van der Waals surface area contributed by atoms with Crippen molar-refractivity contribution in [2.24, 2.45) is 0 Å². The number of likely N-dealkylation sites (N-methyl/N-ethyl adjacent to an activating group) is 1. The fraction of sp³-hybridized carbons (Fsp3) is 0.500. The lowest BCUT2D eigenvalue weighted by Gasteiger charge is -2.19. The third-order valence-corrected chi connectivity index (χ3v) is 3.89. The van der Waals surface area contributed by atoms with Gasteiger partial charge in [0.15, 0.2) is 0 Å². The molecule has 0 amide bonds. The molecule has 0 aliphatic rings. The molecule has 1 heterocycles. The molecule has 0 spiro atoms. The van der Waals surface area contributed by atoms with Crippen molar-refractivity contribution in [1.82, 2.24) is 19.8 Å². The molecule has 0 radical (unpaired) electrons. The largest absolute Gasteiger partial charge is 0.308 e. The Morgan fingerprint density at radius 3 is 2.77 bits per heavy atom. The van der Waals surface area contributed by atoms with Gasteiger partial charge in [-0.05, 0) is 46.1 Å². The summed E-state index contributed by atoms with van der Waals surface area (Å²) in [6.07, 6.45) is 0. The third kappa shape index (κ3) is 3.66. The zero-order valence-corrected chi connectivity index (χ0v) is 14.3. The standard InChI is InChI=1S/C16H23ClN4O/c1-5-21-15(11(2)18-8-9-20(3)4)19-14-7-6-12(17)10-13(14)16(21)22/h6-7,10-11,18H,5,8-9H2,1-4H3/t11-/m1/s1. The maximum absolute atomic E-state index is 12.6. The normalized spacial score (nSPS) is 13.0. The average Bonchev–Trinajstić information content (AvgIpc) is 2.47. The number of benzene rings is 1. The van der Waals surface area contributed by atoms with E-state index in [9.17, 15) is 4.79 Å². The van der Waals surface area contributed by atoms with Gasteiger partial charge < -0.3 is 10.2 Å². The van der Waals surface area contributed by atoms with Gasteiger partial charge >= 0.3 is 0 Å². The number of aromatic nitrogens is 2. The van der Waals surface area contributed by atoms with E-state index >= 15 is 0 Å². The van der Waals surface area contributed by atoms with Crippen molar-refractivity contribution in [3.05, 3.63) is 39.4 Å². The van der Waals surface area contributed by atoms with E-state index in [0.29, 0.717) is 22.5 Å². The summed E-state index contributed by atoms with van der Waals surface area (Å²) in [4.78, 5) is 19.4. The number of rotatable bonds is 6. The van der Waals surface area contributed by atoms with E-state index in [2.05, 4.69) is 15.2 Å². The maximum atomic E-state index is 12.6. The van der Waals surface area contributed by atoms with Gasteiger partial charge in [0.05, 0.1) is 16.9 Å². The Morgan fingerprint density at radius 2 is 2.14 bits per heavy atom. The molecular weight excluding hydrogens is 300 g/mol. The van der Waals surface area contributed by atoms with Gasteiger partial charge in [-0.3, -0.25) is 9.36 Å². The molecule has 0 aliphatic heterocycles. The van der Waals surface area contributed by atoms with E-state index in [0.717, 1.165) is 18.9 Å². The first-order chi connectivity index (χ1) is 10.4. The molecule has 120 valence electrons. The van der Waals surface area contributed by atoms with Gasteiger partial charge in [0.2, 0.25) is 0 Å². The van der Waals surface area contributed by atoms with Crippen LogP contribution >= 0.6 is 11.6 Å². The van der Waals surface area contributed by atoms with Crippen LogP contribution in [0.3, 0.4) is 0 Å². The van der Waals surface area contributed by atoms with Gasteiger partial charge in [0, 0.05) is 24.7 Å². The van der Waals surface area contributed by atoms with E-state index in [4.69, 9.17) is 11.6 Å². The molecular formula is C16H23ClN4O. The van der Waals surface area contributed by atoms with Gasteiger partial charge in [-0.1, -0.05) is 11.6 Å². The van der Waals surface area contributed by atoms with Gasteiger partial charge in [-0.2, -0.15) is 0 Å². The lowest BCUT2D eigenvalue weighted by atomic mass is 10.2. The molecule has 0 saturated heterocycles. The number of halogens is 1. The number of hydrogen-bond donors (Lipinski definition) is 1. The Morgan fingerprint density at radius 1 is 1.41 bits per heavy atom. The number of hydrogen-bond acceptors (Lipinski definition) is 4. The highest BCUT2D eigenvalue weighted by molar-refractivity contribution is 6.31. The van der Waals surface area contributed by atoms with Crippen LogP contribution in [-0.2, 0) is 6.54 Å². The summed E-state index contributed by atoms with van der Waals surface area (Å²) in [7, 11) is 4.07. The molecule has 1 atom stereocenters.